The Morgan fingerprint density at radius 1 is 0.675 bits per heavy atom. The molecule has 0 spiro atoms. The zero-order valence-corrected chi connectivity index (χ0v) is 25.4. The van der Waals surface area contributed by atoms with Crippen molar-refractivity contribution in [1.82, 2.24) is 0 Å². The molecule has 2 N–H and O–H groups in total. The van der Waals surface area contributed by atoms with Crippen LogP contribution in [0.15, 0.2) is 55.1 Å². The van der Waals surface area contributed by atoms with Gasteiger partial charge in [0.15, 0.2) is 0 Å². The molecule has 0 bridgehead atoms. The van der Waals surface area contributed by atoms with Crippen LogP contribution in [0.25, 0.3) is 5.57 Å². The van der Waals surface area contributed by atoms with Crippen molar-refractivity contribution in [3.8, 4) is 11.5 Å². The molecule has 0 aliphatic heterocycles. The molecule has 0 amide bonds. The second-order valence-electron chi connectivity index (χ2n) is 13.6. The third-order valence-corrected chi connectivity index (χ3v) is 10.1. The third kappa shape index (κ3) is 5.35. The predicted octanol–water partition coefficient (Wildman–Crippen LogP) is 10.4. The quantitative estimate of drug-likeness (QED) is 0.308. The van der Waals surface area contributed by atoms with Gasteiger partial charge in [0.25, 0.3) is 0 Å². The summed E-state index contributed by atoms with van der Waals surface area (Å²) in [7, 11) is 0. The maximum absolute atomic E-state index is 12.1. The number of rotatable bonds is 6. The van der Waals surface area contributed by atoms with E-state index in [-0.39, 0.29) is 16.7 Å². The van der Waals surface area contributed by atoms with E-state index in [1.54, 1.807) is 0 Å². The summed E-state index contributed by atoms with van der Waals surface area (Å²) in [4.78, 5) is 0. The van der Waals surface area contributed by atoms with Crippen molar-refractivity contribution in [2.45, 2.75) is 116 Å². The van der Waals surface area contributed by atoms with Crippen LogP contribution in [0.4, 0.5) is 0 Å². The minimum atomic E-state index is -0.282. The summed E-state index contributed by atoms with van der Waals surface area (Å²) in [5, 5.41) is 24.2. The van der Waals surface area contributed by atoms with Crippen molar-refractivity contribution in [1.29, 1.82) is 0 Å². The standard InChI is InChI=1S/C38H48O2/c1-25(2)28-13-15-29(16-14-28)34(30-21-26(3)23-32(35(30)39)37(5)17-9-7-10-18-37)31-22-27(4)24-33(36(31)40)38(6)19-11-8-12-20-38/h13-16,21-24,34,39-40H,1,7-12,17-20H2,2-6H3. The molecule has 2 fully saturated rings. The molecule has 0 saturated heterocycles. The smallest absolute Gasteiger partial charge is 0.123 e. The first-order valence-corrected chi connectivity index (χ1v) is 15.5. The number of hydrogen-bond donors (Lipinski definition) is 2. The second-order valence-corrected chi connectivity index (χ2v) is 13.6. The molecule has 0 radical (unpaired) electrons. The Morgan fingerprint density at radius 2 is 1.07 bits per heavy atom. The monoisotopic (exact) mass is 536 g/mol. The fourth-order valence-electron chi connectivity index (χ4n) is 7.66. The lowest BCUT2D eigenvalue weighted by molar-refractivity contribution is 0.306. The van der Waals surface area contributed by atoms with Crippen LogP contribution in [0, 0.1) is 13.8 Å². The molecule has 3 aromatic carbocycles. The minimum Gasteiger partial charge on any atom is -0.507 e. The van der Waals surface area contributed by atoms with Gasteiger partial charge in [0.2, 0.25) is 0 Å². The number of hydrogen-bond acceptors (Lipinski definition) is 2. The Kier molecular flexibility index (Phi) is 7.92. The average molecular weight is 537 g/mol. The molecule has 2 nitrogen and oxygen atoms in total. The summed E-state index contributed by atoms with van der Waals surface area (Å²) in [6, 6.07) is 17.3. The molecule has 0 unspecified atom stereocenters. The molecule has 40 heavy (non-hydrogen) atoms. The van der Waals surface area contributed by atoms with Crippen molar-refractivity contribution in [3.63, 3.8) is 0 Å². The van der Waals surface area contributed by atoms with Gasteiger partial charge in [-0.2, -0.15) is 0 Å². The van der Waals surface area contributed by atoms with E-state index < -0.39 is 0 Å². The summed E-state index contributed by atoms with van der Waals surface area (Å²) in [5.74, 6) is 0.515. The van der Waals surface area contributed by atoms with Gasteiger partial charge >= 0.3 is 0 Å². The van der Waals surface area contributed by atoms with Crippen LogP contribution in [0.5, 0.6) is 11.5 Å². The van der Waals surface area contributed by atoms with Crippen LogP contribution in [-0.4, -0.2) is 10.2 Å². The molecule has 212 valence electrons. The van der Waals surface area contributed by atoms with E-state index >= 15 is 0 Å². The van der Waals surface area contributed by atoms with E-state index in [0.717, 1.165) is 75.8 Å². The average Bonchev–Trinajstić information content (AvgIpc) is 2.93. The van der Waals surface area contributed by atoms with Gasteiger partial charge in [-0.3, -0.25) is 0 Å². The molecule has 0 atom stereocenters. The normalized spacial score (nSPS) is 18.6. The molecule has 0 heterocycles. The minimum absolute atomic E-state index is 0.0349. The SMILES string of the molecule is C=C(C)c1ccc(C(c2cc(C)cc(C3(C)CCCCC3)c2O)c2cc(C)cc(C3(C)CCCCC3)c2O)cc1. The summed E-state index contributed by atoms with van der Waals surface area (Å²) in [6.45, 7) is 15.1. The Hall–Kier alpha value is -3.00. The van der Waals surface area contributed by atoms with Crippen LogP contribution in [0.1, 0.15) is 135 Å². The Labute approximate surface area is 242 Å². The first-order chi connectivity index (χ1) is 19.0. The van der Waals surface area contributed by atoms with Crippen LogP contribution in [-0.2, 0) is 10.8 Å². The number of allylic oxidation sites excluding steroid dienone is 1. The van der Waals surface area contributed by atoms with Crippen LogP contribution < -0.4 is 0 Å². The topological polar surface area (TPSA) is 40.5 Å². The van der Waals surface area contributed by atoms with E-state index in [9.17, 15) is 10.2 Å². The molecule has 2 aliphatic rings. The molecule has 5 rings (SSSR count). The van der Waals surface area contributed by atoms with Crippen molar-refractivity contribution in [2.75, 3.05) is 0 Å². The van der Waals surface area contributed by atoms with Gasteiger partial charge in [-0.15, -0.1) is 0 Å². The summed E-state index contributed by atoms with van der Waals surface area (Å²) in [6.07, 6.45) is 11.7. The molecule has 2 aliphatic carbocycles. The molecule has 2 saturated carbocycles. The first-order valence-electron chi connectivity index (χ1n) is 15.5. The molecular formula is C38H48O2. The third-order valence-electron chi connectivity index (χ3n) is 10.1. The number of phenols is 2. The molecular weight excluding hydrogens is 488 g/mol. The number of phenolic OH excluding ortho intramolecular Hbond substituents is 2. The first kappa shape index (κ1) is 28.5. The largest absolute Gasteiger partial charge is 0.507 e. The number of aryl methyl sites for hydroxylation is 2. The van der Waals surface area contributed by atoms with E-state index in [1.807, 2.05) is 6.92 Å². The van der Waals surface area contributed by atoms with E-state index in [4.69, 9.17) is 0 Å². The van der Waals surface area contributed by atoms with Crippen LogP contribution >= 0.6 is 0 Å². The fourth-order valence-corrected chi connectivity index (χ4v) is 7.66. The lowest BCUT2D eigenvalue weighted by atomic mass is 9.68. The lowest BCUT2D eigenvalue weighted by Crippen LogP contribution is -2.26. The number of aromatic hydroxyl groups is 2. The second kappa shape index (κ2) is 11.1. The maximum Gasteiger partial charge on any atom is 0.123 e. The van der Waals surface area contributed by atoms with Gasteiger partial charge in [-0.1, -0.05) is 124 Å². The van der Waals surface area contributed by atoms with Gasteiger partial charge in [-0.05, 0) is 68.4 Å². The van der Waals surface area contributed by atoms with Gasteiger partial charge in [0.05, 0.1) is 0 Å². The van der Waals surface area contributed by atoms with E-state index in [1.165, 1.54) is 38.5 Å². The van der Waals surface area contributed by atoms with E-state index in [2.05, 4.69) is 82.8 Å². The molecule has 0 aromatic heterocycles. The highest BCUT2D eigenvalue weighted by Gasteiger charge is 2.36. The predicted molar refractivity (Wildman–Crippen MR) is 169 cm³/mol. The van der Waals surface area contributed by atoms with Gasteiger partial charge in [-0.25, -0.2) is 0 Å². The molecule has 2 heteroatoms. The zero-order chi connectivity index (χ0) is 28.7. The lowest BCUT2D eigenvalue weighted by Gasteiger charge is -2.37. The highest BCUT2D eigenvalue weighted by Crippen LogP contribution is 2.51. The summed E-state index contributed by atoms with van der Waals surface area (Å²) in [5.41, 5.74) is 9.38. The Morgan fingerprint density at radius 3 is 1.45 bits per heavy atom. The fraction of sp³-hybridized carbons (Fsp3) is 0.474. The highest BCUT2D eigenvalue weighted by atomic mass is 16.3. The van der Waals surface area contributed by atoms with Crippen molar-refractivity contribution >= 4 is 5.57 Å². The van der Waals surface area contributed by atoms with Gasteiger partial charge < -0.3 is 10.2 Å². The van der Waals surface area contributed by atoms with Crippen molar-refractivity contribution < 1.29 is 10.2 Å². The zero-order valence-electron chi connectivity index (χ0n) is 25.4. The summed E-state index contributed by atoms with van der Waals surface area (Å²) < 4.78 is 0. The van der Waals surface area contributed by atoms with Crippen molar-refractivity contribution in [3.05, 3.63) is 99.6 Å². The highest BCUT2D eigenvalue weighted by molar-refractivity contribution is 5.64. The Bertz CT molecular complexity index is 1300. The van der Waals surface area contributed by atoms with Gasteiger partial charge in [0, 0.05) is 28.2 Å². The molecule has 3 aromatic rings. The van der Waals surface area contributed by atoms with Crippen molar-refractivity contribution in [2.24, 2.45) is 0 Å². The van der Waals surface area contributed by atoms with E-state index in [0.29, 0.717) is 11.5 Å². The maximum atomic E-state index is 12.1. The number of benzene rings is 3. The van der Waals surface area contributed by atoms with Crippen LogP contribution in [0.2, 0.25) is 0 Å². The Balaban J connectivity index is 1.75. The summed E-state index contributed by atoms with van der Waals surface area (Å²) >= 11 is 0. The van der Waals surface area contributed by atoms with Crippen LogP contribution in [0.3, 0.4) is 0 Å². The van der Waals surface area contributed by atoms with Gasteiger partial charge in [0.1, 0.15) is 11.5 Å².